The van der Waals surface area contributed by atoms with Crippen molar-refractivity contribution in [2.45, 2.75) is 26.4 Å². The molecule has 0 radical (unpaired) electrons. The van der Waals surface area contributed by atoms with Crippen molar-refractivity contribution in [3.63, 3.8) is 0 Å². The van der Waals surface area contributed by atoms with Gasteiger partial charge in [-0.15, -0.1) is 0 Å². The Morgan fingerprint density at radius 2 is 2.10 bits per heavy atom. The van der Waals surface area contributed by atoms with E-state index in [-0.39, 0.29) is 6.61 Å². The lowest BCUT2D eigenvalue weighted by Gasteiger charge is -2.20. The molecule has 2 aromatic rings. The molecule has 0 aliphatic carbocycles. The third-order valence-corrected chi connectivity index (χ3v) is 3.38. The number of pyridine rings is 1. The summed E-state index contributed by atoms with van der Waals surface area (Å²) in [4.78, 5) is 10.9. The van der Waals surface area contributed by atoms with E-state index in [9.17, 15) is 5.11 Å². The lowest BCUT2D eigenvalue weighted by Crippen LogP contribution is -2.27. The van der Waals surface area contributed by atoms with Crippen LogP contribution in [0.1, 0.15) is 24.0 Å². The molecule has 2 heterocycles. The van der Waals surface area contributed by atoms with Gasteiger partial charge >= 0.3 is 0 Å². The van der Waals surface area contributed by atoms with Crippen molar-refractivity contribution in [3.8, 4) is 0 Å². The van der Waals surface area contributed by atoms with Crippen LogP contribution in [0.25, 0.3) is 0 Å². The van der Waals surface area contributed by atoms with Crippen molar-refractivity contribution in [3.05, 3.63) is 47.8 Å². The van der Waals surface area contributed by atoms with Crippen LogP contribution in [0.2, 0.25) is 0 Å². The fraction of sp³-hybridized carbons (Fsp3) is 0.467. The summed E-state index contributed by atoms with van der Waals surface area (Å²) in [6.07, 6.45) is 6.65. The van der Waals surface area contributed by atoms with Gasteiger partial charge in [-0.3, -0.25) is 9.88 Å². The van der Waals surface area contributed by atoms with Gasteiger partial charge in [0.25, 0.3) is 0 Å². The van der Waals surface area contributed by atoms with E-state index in [0.29, 0.717) is 13.1 Å². The first-order chi connectivity index (χ1) is 9.72. The summed E-state index contributed by atoms with van der Waals surface area (Å²) in [6, 6.07) is 4.17. The highest BCUT2D eigenvalue weighted by Gasteiger charge is 2.10. The second-order valence-corrected chi connectivity index (χ2v) is 4.90. The summed E-state index contributed by atoms with van der Waals surface area (Å²) in [7, 11) is 1.98. The zero-order chi connectivity index (χ0) is 14.4. The minimum absolute atomic E-state index is 0.136. The Morgan fingerprint density at radius 1 is 1.25 bits per heavy atom. The number of rotatable bonds is 7. The molecule has 0 saturated carbocycles. The predicted molar refractivity (Wildman–Crippen MR) is 78.0 cm³/mol. The number of aryl methyl sites for hydroxylation is 2. The van der Waals surface area contributed by atoms with Crippen LogP contribution in [0, 0.1) is 0 Å². The van der Waals surface area contributed by atoms with Crippen LogP contribution < -0.4 is 0 Å². The number of hydrogen-bond acceptors (Lipinski definition) is 4. The summed E-state index contributed by atoms with van der Waals surface area (Å²) in [6.45, 7) is 4.30. The normalized spacial score (nSPS) is 11.2. The molecular weight excluding hydrogens is 252 g/mol. The summed E-state index contributed by atoms with van der Waals surface area (Å²) in [5.74, 6) is 0.989. The number of imidazole rings is 1. The van der Waals surface area contributed by atoms with E-state index < -0.39 is 0 Å². The molecule has 0 aromatic carbocycles. The van der Waals surface area contributed by atoms with Gasteiger partial charge in [-0.1, -0.05) is 13.0 Å². The van der Waals surface area contributed by atoms with Crippen molar-refractivity contribution in [2.24, 2.45) is 7.05 Å². The highest BCUT2D eigenvalue weighted by Crippen LogP contribution is 2.08. The van der Waals surface area contributed by atoms with E-state index >= 15 is 0 Å². The van der Waals surface area contributed by atoms with E-state index in [1.165, 1.54) is 5.56 Å². The average Bonchev–Trinajstić information content (AvgIpc) is 2.85. The molecule has 5 nitrogen and oxygen atoms in total. The topological polar surface area (TPSA) is 54.2 Å². The average molecular weight is 274 g/mol. The molecule has 20 heavy (non-hydrogen) atoms. The fourth-order valence-corrected chi connectivity index (χ4v) is 2.09. The summed E-state index contributed by atoms with van der Waals surface area (Å²) >= 11 is 0. The summed E-state index contributed by atoms with van der Waals surface area (Å²) in [5, 5.41) is 9.21. The number of aromatic nitrogens is 3. The second-order valence-electron chi connectivity index (χ2n) is 4.90. The molecule has 0 aliphatic rings. The molecule has 0 aliphatic heterocycles. The van der Waals surface area contributed by atoms with Crippen LogP contribution in [0.5, 0.6) is 0 Å². The largest absolute Gasteiger partial charge is 0.395 e. The Morgan fingerprint density at radius 3 is 2.65 bits per heavy atom. The van der Waals surface area contributed by atoms with Crippen molar-refractivity contribution < 1.29 is 5.11 Å². The first-order valence-corrected chi connectivity index (χ1v) is 6.96. The first-order valence-electron chi connectivity index (χ1n) is 6.96. The molecule has 0 saturated heterocycles. The molecule has 0 amide bonds. The minimum atomic E-state index is 0.136. The number of aliphatic hydroxyl groups excluding tert-OH is 1. The van der Waals surface area contributed by atoms with E-state index in [4.69, 9.17) is 0 Å². The quantitative estimate of drug-likeness (QED) is 0.828. The molecule has 5 heteroatoms. The maximum absolute atomic E-state index is 9.21. The van der Waals surface area contributed by atoms with E-state index in [1.54, 1.807) is 6.20 Å². The Kier molecular flexibility index (Phi) is 5.26. The Labute approximate surface area is 119 Å². The molecule has 2 aromatic heterocycles. The predicted octanol–water partition coefficient (Wildman–Crippen LogP) is 1.37. The van der Waals surface area contributed by atoms with Crippen LogP contribution in [-0.4, -0.2) is 37.7 Å². The van der Waals surface area contributed by atoms with Crippen LogP contribution >= 0.6 is 0 Å². The van der Waals surface area contributed by atoms with Crippen LogP contribution in [-0.2, 0) is 26.6 Å². The number of hydrogen-bond donors (Lipinski definition) is 1. The van der Waals surface area contributed by atoms with Gasteiger partial charge in [0.2, 0.25) is 0 Å². The van der Waals surface area contributed by atoms with Gasteiger partial charge in [-0.05, 0) is 18.1 Å². The van der Waals surface area contributed by atoms with Gasteiger partial charge < -0.3 is 9.67 Å². The summed E-state index contributed by atoms with van der Waals surface area (Å²) < 4.78 is 2.00. The van der Waals surface area contributed by atoms with Gasteiger partial charge in [-0.2, -0.15) is 0 Å². The van der Waals surface area contributed by atoms with Gasteiger partial charge in [0.1, 0.15) is 5.82 Å². The standard InChI is InChI=1S/C15H22N4O/c1-3-13-4-5-14(17-10-13)11-19(8-9-20)12-15-16-6-7-18(15)2/h4-7,10,20H,3,8-9,11-12H2,1-2H3. The Balaban J connectivity index is 2.02. The first kappa shape index (κ1) is 14.7. The monoisotopic (exact) mass is 274 g/mol. The summed E-state index contributed by atoms with van der Waals surface area (Å²) in [5.41, 5.74) is 2.26. The van der Waals surface area contributed by atoms with Crippen molar-refractivity contribution in [2.75, 3.05) is 13.2 Å². The lowest BCUT2D eigenvalue weighted by molar-refractivity contribution is 0.178. The number of nitrogens with zero attached hydrogens (tertiary/aromatic N) is 4. The SMILES string of the molecule is CCc1ccc(CN(CCO)Cc2nccn2C)nc1. The van der Waals surface area contributed by atoms with E-state index in [1.807, 2.05) is 24.0 Å². The molecule has 1 N–H and O–H groups in total. The smallest absolute Gasteiger partial charge is 0.122 e. The third-order valence-electron chi connectivity index (χ3n) is 3.38. The molecule has 0 bridgehead atoms. The zero-order valence-corrected chi connectivity index (χ0v) is 12.2. The molecule has 108 valence electrons. The molecule has 0 unspecified atom stereocenters. The minimum Gasteiger partial charge on any atom is -0.395 e. The maximum atomic E-state index is 9.21. The number of aliphatic hydroxyl groups is 1. The highest BCUT2D eigenvalue weighted by molar-refractivity contribution is 5.13. The van der Waals surface area contributed by atoms with E-state index in [0.717, 1.165) is 24.5 Å². The highest BCUT2D eigenvalue weighted by atomic mass is 16.3. The van der Waals surface area contributed by atoms with Gasteiger partial charge in [-0.25, -0.2) is 4.98 Å². The zero-order valence-electron chi connectivity index (χ0n) is 12.2. The maximum Gasteiger partial charge on any atom is 0.122 e. The molecule has 0 spiro atoms. The van der Waals surface area contributed by atoms with Gasteiger partial charge in [0, 0.05) is 38.7 Å². The van der Waals surface area contributed by atoms with E-state index in [2.05, 4.69) is 33.9 Å². The second kappa shape index (κ2) is 7.17. The van der Waals surface area contributed by atoms with Crippen LogP contribution in [0.3, 0.4) is 0 Å². The molecule has 0 fully saturated rings. The van der Waals surface area contributed by atoms with Crippen LogP contribution in [0.15, 0.2) is 30.7 Å². The van der Waals surface area contributed by atoms with Crippen molar-refractivity contribution in [1.29, 1.82) is 0 Å². The lowest BCUT2D eigenvalue weighted by atomic mass is 10.2. The fourth-order valence-electron chi connectivity index (χ4n) is 2.09. The molecule has 0 atom stereocenters. The van der Waals surface area contributed by atoms with Crippen LogP contribution in [0.4, 0.5) is 0 Å². The molecular formula is C15H22N4O. The van der Waals surface area contributed by atoms with Crippen molar-refractivity contribution in [1.82, 2.24) is 19.4 Å². The van der Waals surface area contributed by atoms with Gasteiger partial charge in [0.05, 0.1) is 18.8 Å². The Hall–Kier alpha value is -1.72. The molecule has 2 rings (SSSR count). The third kappa shape index (κ3) is 3.88. The Bertz CT molecular complexity index is 521. The van der Waals surface area contributed by atoms with Crippen molar-refractivity contribution >= 4 is 0 Å². The van der Waals surface area contributed by atoms with Gasteiger partial charge in [0.15, 0.2) is 0 Å².